The van der Waals surface area contributed by atoms with E-state index in [0.29, 0.717) is 118 Å². The van der Waals surface area contributed by atoms with Crippen molar-refractivity contribution in [1.82, 2.24) is 38.2 Å². The molecule has 12 aromatic carbocycles. The summed E-state index contributed by atoms with van der Waals surface area (Å²) in [5.41, 5.74) is 22.5. The first-order valence-corrected chi connectivity index (χ1v) is 48.4. The lowest BCUT2D eigenvalue weighted by Gasteiger charge is -2.11. The topological polar surface area (TPSA) is 323 Å². The Balaban J connectivity index is 0.000000130. The lowest BCUT2D eigenvalue weighted by atomic mass is 10.0. The summed E-state index contributed by atoms with van der Waals surface area (Å²) in [6.07, 6.45) is 3.22. The van der Waals surface area contributed by atoms with Crippen molar-refractivity contribution in [1.29, 1.82) is 0 Å². The number of carbonyl (C=O) groups excluding carboxylic acids is 4. The predicted octanol–water partition coefficient (Wildman–Crippen LogP) is 22.9. The molecule has 710 valence electrons. The molecule has 0 bridgehead atoms. The zero-order valence-electron chi connectivity index (χ0n) is 78.7. The van der Waals surface area contributed by atoms with E-state index in [1.807, 2.05) is 182 Å². The molecule has 0 aliphatic rings. The maximum absolute atomic E-state index is 12.5. The molecule has 0 radical (unpaired) electrons. The second kappa shape index (κ2) is 42.1. The second-order valence-corrected chi connectivity index (χ2v) is 38.2. The Labute approximate surface area is 848 Å². The van der Waals surface area contributed by atoms with E-state index in [4.69, 9.17) is 73.9 Å². The minimum absolute atomic E-state index is 0.0840. The number of hydrogen-bond acceptors (Lipinski definition) is 20. The van der Waals surface area contributed by atoms with Gasteiger partial charge in [-0.2, -0.15) is 0 Å². The fourth-order valence-corrected chi connectivity index (χ4v) is 19.6. The maximum Gasteiger partial charge on any atom is 0.349 e. The van der Waals surface area contributed by atoms with Gasteiger partial charge in [-0.15, -0.1) is 0 Å². The van der Waals surface area contributed by atoms with Crippen LogP contribution in [-0.4, -0.2) is 89.9 Å². The standard InChI is InChI=1S/C29H25ClN2O4.C28H23BrN2O4.C28H23IN2O4.C27H22IN3O4/c1-17-23-15-24-25(16-26(23)36-29(34)28(17)18(2)33)32(12-11-19-5-4-6-21(30)13-19)27(31-24)14-20-7-9-22(35-3)10-8-20;2*1-16-22-13-23-24(14-25(22)35-28(33)27(16)17(2)32)31(15-19-5-4-6-20(29)11-19)26(30-23)12-18-7-9-21(34-3)10-8-18;1-15-20-12-21-22(13-23(20)35-27(33)25(15)26(29)32)31(14-17-3-7-18(28)8-4-17)24(30-21)11-16-5-9-19(34-2)10-6-16/h4-10,13,15-16H,11-12,14H2,1-3H3;2*4-11,13-14H,12,15H2,1-3H3;3-10,12-13H,11,14H2,1-2H3,(H2,29,32). The fourth-order valence-electron chi connectivity index (χ4n) is 17.9. The molecule has 0 aliphatic carbocycles. The first-order valence-electron chi connectivity index (χ1n) is 45.0. The highest BCUT2D eigenvalue weighted by atomic mass is 127. The number of rotatable bonds is 25. The normalized spacial score (nSPS) is 11.3. The van der Waals surface area contributed by atoms with Crippen LogP contribution >= 0.6 is 72.7 Å². The molecule has 0 spiro atoms. The van der Waals surface area contributed by atoms with Crippen molar-refractivity contribution in [2.75, 3.05) is 28.4 Å². The number of benzene rings is 12. The zero-order chi connectivity index (χ0) is 99.5. The SMILES string of the molecule is COc1ccc(Cc2nc3cc4c(C)c(C(C)=O)c(=O)oc4cc3n2CCc2cccc(Cl)c2)cc1.COc1ccc(Cc2nc3cc4c(C)c(C(C)=O)c(=O)oc4cc3n2Cc2cccc(Br)c2)cc1.COc1ccc(Cc2nc3cc4c(C)c(C(C)=O)c(=O)oc4cc3n2Cc2cccc(I)c2)cc1.COc1ccc(Cc2nc3cc4c(C)c(C(N)=O)c(=O)oc4cc3n2Cc2ccc(I)cc2)cc1. The number of amides is 1. The number of imidazole rings is 4. The Hall–Kier alpha value is -14.7. The van der Waals surface area contributed by atoms with Crippen molar-refractivity contribution in [3.8, 4) is 23.0 Å². The van der Waals surface area contributed by atoms with Crippen LogP contribution in [-0.2, 0) is 58.3 Å². The predicted molar refractivity (Wildman–Crippen MR) is 569 cm³/mol. The molecule has 0 saturated carbocycles. The van der Waals surface area contributed by atoms with Gasteiger partial charge in [0.1, 0.15) is 90.9 Å². The van der Waals surface area contributed by atoms with Crippen molar-refractivity contribution in [3.05, 3.63) is 413 Å². The molecule has 0 saturated heterocycles. The number of fused-ring (bicyclic) bond motifs is 8. The summed E-state index contributed by atoms with van der Waals surface area (Å²) in [5, 5.41) is 3.48. The molecule has 0 atom stereocenters. The number of carbonyl (C=O) groups is 4. The van der Waals surface area contributed by atoms with Gasteiger partial charge >= 0.3 is 22.5 Å². The third-order valence-electron chi connectivity index (χ3n) is 25.1. The highest BCUT2D eigenvalue weighted by molar-refractivity contribution is 14.1. The summed E-state index contributed by atoms with van der Waals surface area (Å²) < 4.78 is 55.3. The van der Waals surface area contributed by atoms with E-state index in [0.717, 1.165) is 158 Å². The third kappa shape index (κ3) is 21.4. The van der Waals surface area contributed by atoms with Gasteiger partial charge in [-0.3, -0.25) is 19.2 Å². The van der Waals surface area contributed by atoms with Gasteiger partial charge in [0.2, 0.25) is 0 Å². The average Bonchev–Trinajstić information content (AvgIpc) is 1.65. The molecule has 25 nitrogen and oxygen atoms in total. The number of ether oxygens (including phenoxy) is 4. The van der Waals surface area contributed by atoms with E-state index >= 15 is 0 Å². The Morgan fingerprint density at radius 1 is 0.348 bits per heavy atom. The summed E-state index contributed by atoms with van der Waals surface area (Å²) in [5.74, 6) is 5.01. The molecule has 2 N–H and O–H groups in total. The van der Waals surface area contributed by atoms with Crippen LogP contribution in [0.3, 0.4) is 0 Å². The number of nitrogens with zero attached hydrogens (tertiary/aromatic N) is 8. The van der Waals surface area contributed by atoms with Gasteiger partial charge in [0, 0.05) is 114 Å². The molecule has 29 heteroatoms. The first-order chi connectivity index (χ1) is 67.8. The summed E-state index contributed by atoms with van der Waals surface area (Å²) in [7, 11) is 6.59. The van der Waals surface area contributed by atoms with E-state index < -0.39 is 28.4 Å². The first kappa shape index (κ1) is 97.9. The fraction of sp³-hybridized carbons (Fsp3) is 0.179. The second-order valence-electron chi connectivity index (χ2n) is 34.3. The Bertz CT molecular complexity index is 8350. The highest BCUT2D eigenvalue weighted by Gasteiger charge is 2.27. The van der Waals surface area contributed by atoms with Crippen LogP contribution in [0.25, 0.3) is 88.0 Å². The lowest BCUT2D eigenvalue weighted by molar-refractivity contribution is 0.0990. The van der Waals surface area contributed by atoms with Gasteiger partial charge in [-0.1, -0.05) is 125 Å². The number of aromatic nitrogens is 8. The van der Waals surface area contributed by atoms with Crippen LogP contribution in [0.5, 0.6) is 23.0 Å². The van der Waals surface area contributed by atoms with Crippen LogP contribution in [0.2, 0.25) is 5.02 Å². The largest absolute Gasteiger partial charge is 0.497 e. The lowest BCUT2D eigenvalue weighted by Crippen LogP contribution is -2.22. The average molecular weight is 2190 g/mol. The molecule has 1 amide bonds. The third-order valence-corrected chi connectivity index (χ3v) is 27.2. The number of aryl methyl sites for hydroxylation is 6. The van der Waals surface area contributed by atoms with Crippen LogP contribution in [0, 0.1) is 34.8 Å². The number of hydrogen-bond donors (Lipinski definition) is 1. The number of methoxy groups -OCH3 is 4. The summed E-state index contributed by atoms with van der Waals surface area (Å²) >= 11 is 14.4. The molecule has 20 aromatic rings. The Morgan fingerprint density at radius 3 is 0.972 bits per heavy atom. The minimum Gasteiger partial charge on any atom is -0.497 e. The van der Waals surface area contributed by atoms with Crippen molar-refractivity contribution in [2.45, 2.75) is 107 Å². The van der Waals surface area contributed by atoms with Gasteiger partial charge in [0.05, 0.1) is 72.6 Å². The summed E-state index contributed by atoms with van der Waals surface area (Å²) in [6, 6.07) is 79.3. The monoisotopic (exact) mass is 2190 g/mol. The summed E-state index contributed by atoms with van der Waals surface area (Å²) in [6.45, 7) is 13.7. The van der Waals surface area contributed by atoms with Crippen molar-refractivity contribution >= 4 is 184 Å². The number of nitrogens with two attached hydrogens (primary N) is 1. The molecule has 8 aromatic heterocycles. The zero-order valence-corrected chi connectivity index (χ0v) is 85.3. The molecule has 0 fully saturated rings. The van der Waals surface area contributed by atoms with E-state index in [1.54, 1.807) is 56.1 Å². The van der Waals surface area contributed by atoms with E-state index in [-0.39, 0.29) is 39.6 Å². The van der Waals surface area contributed by atoms with Crippen molar-refractivity contribution in [3.63, 3.8) is 0 Å². The van der Waals surface area contributed by atoms with Gasteiger partial charge in [-0.25, -0.2) is 39.1 Å². The van der Waals surface area contributed by atoms with Crippen LogP contribution in [0.15, 0.2) is 284 Å². The summed E-state index contributed by atoms with van der Waals surface area (Å²) in [4.78, 5) is 118. The number of Topliss-reactive ketones (excluding diaryl/α,β-unsaturated/α-hetero) is 3. The molecule has 0 aliphatic heterocycles. The number of primary amides is 1. The van der Waals surface area contributed by atoms with Crippen molar-refractivity contribution < 1.29 is 55.8 Å². The highest BCUT2D eigenvalue weighted by Crippen LogP contribution is 2.36. The van der Waals surface area contributed by atoms with Crippen LogP contribution < -0.4 is 47.2 Å². The van der Waals surface area contributed by atoms with Crippen LogP contribution in [0.1, 0.15) is 152 Å². The molecular weight excluding hydrogens is 2100 g/mol. The van der Waals surface area contributed by atoms with Crippen LogP contribution in [0.4, 0.5) is 0 Å². The van der Waals surface area contributed by atoms with Gasteiger partial charge in [0.25, 0.3) is 5.91 Å². The number of ketones is 3. The molecule has 8 heterocycles. The molecule has 141 heavy (non-hydrogen) atoms. The molecule has 20 rings (SSSR count). The minimum atomic E-state index is -0.803. The van der Waals surface area contributed by atoms with Gasteiger partial charge in [-0.05, 0) is 288 Å². The Morgan fingerprint density at radius 2 is 0.645 bits per heavy atom. The quantitative estimate of drug-likeness (QED) is 0.0315. The maximum atomic E-state index is 12.5. The van der Waals surface area contributed by atoms with E-state index in [1.165, 1.54) is 20.8 Å². The Kier molecular flexibility index (Phi) is 29.3. The number of halogens is 4. The van der Waals surface area contributed by atoms with Gasteiger partial charge in [0.15, 0.2) is 17.3 Å². The van der Waals surface area contributed by atoms with E-state index in [2.05, 4.69) is 140 Å². The van der Waals surface area contributed by atoms with Crippen molar-refractivity contribution in [2.24, 2.45) is 5.73 Å². The van der Waals surface area contributed by atoms with E-state index in [9.17, 15) is 38.4 Å². The molecule has 0 unspecified atom stereocenters. The smallest absolute Gasteiger partial charge is 0.349 e. The van der Waals surface area contributed by atoms with Gasteiger partial charge < -0.3 is 60.6 Å². The molecular formula is C112H93BrClI2N9O16.